The summed E-state index contributed by atoms with van der Waals surface area (Å²) in [6.45, 7) is 1.96. The van der Waals surface area contributed by atoms with E-state index >= 15 is 0 Å². The standard InChI is InChI=1S/C13H12BrN3O/c1-8-4-5-10(14)11(7-8)17-13(18)9-3-2-6-16-12(9)15/h2-7H,1H3,(H2,15,16)(H,17,18). The largest absolute Gasteiger partial charge is 0.383 e. The van der Waals surface area contributed by atoms with Crippen molar-refractivity contribution in [2.45, 2.75) is 6.92 Å². The Bertz CT molecular complexity index is 599. The molecule has 0 fully saturated rings. The summed E-state index contributed by atoms with van der Waals surface area (Å²) in [5.41, 5.74) is 7.80. The van der Waals surface area contributed by atoms with Crippen LogP contribution in [0, 0.1) is 6.92 Å². The predicted octanol–water partition coefficient (Wildman–Crippen LogP) is 2.99. The molecule has 4 nitrogen and oxygen atoms in total. The van der Waals surface area contributed by atoms with Crippen LogP contribution in [-0.4, -0.2) is 10.9 Å². The summed E-state index contributed by atoms with van der Waals surface area (Å²) in [6.07, 6.45) is 1.55. The zero-order valence-electron chi connectivity index (χ0n) is 9.77. The van der Waals surface area contributed by atoms with E-state index in [1.165, 1.54) is 0 Å². The van der Waals surface area contributed by atoms with Crippen LogP contribution >= 0.6 is 15.9 Å². The number of halogens is 1. The zero-order chi connectivity index (χ0) is 13.1. The molecule has 0 spiro atoms. The van der Waals surface area contributed by atoms with Gasteiger partial charge in [-0.3, -0.25) is 4.79 Å². The van der Waals surface area contributed by atoms with E-state index in [4.69, 9.17) is 5.73 Å². The highest BCUT2D eigenvalue weighted by atomic mass is 79.9. The summed E-state index contributed by atoms with van der Waals surface area (Å²) >= 11 is 3.39. The highest BCUT2D eigenvalue weighted by Gasteiger charge is 2.11. The first-order chi connectivity index (χ1) is 8.58. The molecule has 0 bridgehead atoms. The van der Waals surface area contributed by atoms with Crippen molar-refractivity contribution in [1.29, 1.82) is 0 Å². The molecular formula is C13H12BrN3O. The molecule has 1 aromatic heterocycles. The molecule has 0 saturated heterocycles. The van der Waals surface area contributed by atoms with Gasteiger partial charge < -0.3 is 11.1 Å². The van der Waals surface area contributed by atoms with E-state index in [-0.39, 0.29) is 11.7 Å². The number of nitrogens with two attached hydrogens (primary N) is 1. The van der Waals surface area contributed by atoms with E-state index in [2.05, 4.69) is 26.2 Å². The second kappa shape index (κ2) is 5.18. The summed E-state index contributed by atoms with van der Waals surface area (Å²) < 4.78 is 0.823. The van der Waals surface area contributed by atoms with Crippen LogP contribution < -0.4 is 11.1 Å². The van der Waals surface area contributed by atoms with Crippen LogP contribution in [0.1, 0.15) is 15.9 Å². The number of amides is 1. The van der Waals surface area contributed by atoms with Crippen molar-refractivity contribution in [1.82, 2.24) is 4.98 Å². The van der Waals surface area contributed by atoms with Crippen molar-refractivity contribution in [2.24, 2.45) is 0 Å². The van der Waals surface area contributed by atoms with E-state index in [9.17, 15) is 4.79 Å². The Morgan fingerprint density at radius 2 is 2.17 bits per heavy atom. The van der Waals surface area contributed by atoms with Gasteiger partial charge in [0.15, 0.2) is 0 Å². The smallest absolute Gasteiger partial charge is 0.259 e. The topological polar surface area (TPSA) is 68.0 Å². The normalized spacial score (nSPS) is 10.1. The molecule has 0 aliphatic rings. The number of rotatable bonds is 2. The minimum absolute atomic E-state index is 0.221. The Morgan fingerprint density at radius 3 is 2.89 bits per heavy atom. The molecule has 92 valence electrons. The van der Waals surface area contributed by atoms with Crippen molar-refractivity contribution in [3.8, 4) is 0 Å². The number of carbonyl (C=O) groups excluding carboxylic acids is 1. The fraction of sp³-hybridized carbons (Fsp3) is 0.0769. The average molecular weight is 306 g/mol. The summed E-state index contributed by atoms with van der Waals surface area (Å²) in [7, 11) is 0. The second-order valence-electron chi connectivity index (χ2n) is 3.87. The first-order valence-electron chi connectivity index (χ1n) is 5.36. The van der Waals surface area contributed by atoms with Crippen molar-refractivity contribution in [3.63, 3.8) is 0 Å². The first-order valence-corrected chi connectivity index (χ1v) is 6.15. The summed E-state index contributed by atoms with van der Waals surface area (Å²) in [6, 6.07) is 9.04. The third kappa shape index (κ3) is 2.68. The first kappa shape index (κ1) is 12.6. The van der Waals surface area contributed by atoms with Gasteiger partial charge in [-0.05, 0) is 52.7 Å². The Balaban J connectivity index is 2.27. The summed E-state index contributed by atoms with van der Waals surface area (Å²) in [5, 5.41) is 2.80. The number of nitrogens with zero attached hydrogens (tertiary/aromatic N) is 1. The maximum Gasteiger partial charge on any atom is 0.259 e. The molecule has 3 N–H and O–H groups in total. The maximum atomic E-state index is 12.0. The van der Waals surface area contributed by atoms with Crippen LogP contribution in [0.15, 0.2) is 41.0 Å². The van der Waals surface area contributed by atoms with Gasteiger partial charge in [-0.2, -0.15) is 0 Å². The van der Waals surface area contributed by atoms with Gasteiger partial charge in [-0.15, -0.1) is 0 Å². The number of benzene rings is 1. The molecule has 1 heterocycles. The molecule has 2 rings (SSSR count). The van der Waals surface area contributed by atoms with Crippen molar-refractivity contribution < 1.29 is 4.79 Å². The molecular weight excluding hydrogens is 294 g/mol. The summed E-state index contributed by atoms with van der Waals surface area (Å²) in [5.74, 6) is -0.0503. The zero-order valence-corrected chi connectivity index (χ0v) is 11.4. The second-order valence-corrected chi connectivity index (χ2v) is 4.73. The SMILES string of the molecule is Cc1ccc(Br)c(NC(=O)c2cccnc2N)c1. The van der Waals surface area contributed by atoms with Crippen molar-refractivity contribution >= 4 is 33.3 Å². The Labute approximate surface area is 113 Å². The number of nitrogens with one attached hydrogen (secondary N) is 1. The van der Waals surface area contributed by atoms with E-state index in [1.807, 2.05) is 25.1 Å². The van der Waals surface area contributed by atoms with Crippen molar-refractivity contribution in [2.75, 3.05) is 11.1 Å². The Morgan fingerprint density at radius 1 is 1.39 bits per heavy atom. The monoisotopic (exact) mass is 305 g/mol. The average Bonchev–Trinajstić information content (AvgIpc) is 2.34. The van der Waals surface area contributed by atoms with Gasteiger partial charge in [0, 0.05) is 10.7 Å². The summed E-state index contributed by atoms with van der Waals surface area (Å²) in [4.78, 5) is 15.9. The molecule has 5 heteroatoms. The van der Waals surface area contributed by atoms with Gasteiger partial charge in [0.1, 0.15) is 5.82 Å². The van der Waals surface area contributed by atoms with Gasteiger partial charge in [-0.1, -0.05) is 6.07 Å². The maximum absolute atomic E-state index is 12.0. The minimum Gasteiger partial charge on any atom is -0.383 e. The quantitative estimate of drug-likeness (QED) is 0.896. The lowest BCUT2D eigenvalue weighted by Gasteiger charge is -2.09. The lowest BCUT2D eigenvalue weighted by Crippen LogP contribution is -2.15. The van der Waals surface area contributed by atoms with Crippen LogP contribution in [0.5, 0.6) is 0 Å². The molecule has 0 radical (unpaired) electrons. The third-order valence-corrected chi connectivity index (χ3v) is 3.14. The number of hydrogen-bond donors (Lipinski definition) is 2. The van der Waals surface area contributed by atoms with Gasteiger partial charge in [0.25, 0.3) is 5.91 Å². The molecule has 18 heavy (non-hydrogen) atoms. The fourth-order valence-electron chi connectivity index (χ4n) is 1.53. The molecule has 0 saturated carbocycles. The van der Waals surface area contributed by atoms with Crippen LogP contribution in [-0.2, 0) is 0 Å². The lowest BCUT2D eigenvalue weighted by molar-refractivity contribution is 0.102. The van der Waals surface area contributed by atoms with Crippen LogP contribution in [0.3, 0.4) is 0 Å². The van der Waals surface area contributed by atoms with E-state index in [0.29, 0.717) is 11.3 Å². The molecule has 0 atom stereocenters. The molecule has 0 unspecified atom stereocenters. The van der Waals surface area contributed by atoms with Gasteiger partial charge >= 0.3 is 0 Å². The number of anilines is 2. The van der Waals surface area contributed by atoms with Gasteiger partial charge in [-0.25, -0.2) is 4.98 Å². The fourth-order valence-corrected chi connectivity index (χ4v) is 1.88. The minimum atomic E-state index is -0.271. The molecule has 1 amide bonds. The third-order valence-electron chi connectivity index (χ3n) is 2.45. The molecule has 0 aliphatic carbocycles. The van der Waals surface area contributed by atoms with Crippen LogP contribution in [0.4, 0.5) is 11.5 Å². The highest BCUT2D eigenvalue weighted by Crippen LogP contribution is 2.24. The van der Waals surface area contributed by atoms with Gasteiger partial charge in [0.2, 0.25) is 0 Å². The number of aryl methyl sites for hydroxylation is 1. The molecule has 2 aromatic rings. The molecule has 1 aromatic carbocycles. The molecule has 0 aliphatic heterocycles. The number of nitrogen functional groups attached to an aromatic ring is 1. The lowest BCUT2D eigenvalue weighted by atomic mass is 10.2. The number of aromatic nitrogens is 1. The van der Waals surface area contributed by atoms with Crippen molar-refractivity contribution in [3.05, 3.63) is 52.1 Å². The number of carbonyl (C=O) groups is 1. The highest BCUT2D eigenvalue weighted by molar-refractivity contribution is 9.10. The van der Waals surface area contributed by atoms with Crippen LogP contribution in [0.2, 0.25) is 0 Å². The van der Waals surface area contributed by atoms with E-state index in [1.54, 1.807) is 18.3 Å². The van der Waals surface area contributed by atoms with Gasteiger partial charge in [0.05, 0.1) is 11.3 Å². The number of pyridine rings is 1. The predicted molar refractivity (Wildman–Crippen MR) is 75.5 cm³/mol. The van der Waals surface area contributed by atoms with E-state index < -0.39 is 0 Å². The Hall–Kier alpha value is -1.88. The van der Waals surface area contributed by atoms with Crippen LogP contribution in [0.25, 0.3) is 0 Å². The Kier molecular flexibility index (Phi) is 3.62. The number of hydrogen-bond acceptors (Lipinski definition) is 3. The van der Waals surface area contributed by atoms with E-state index in [0.717, 1.165) is 10.0 Å².